The molecule has 0 aliphatic rings. The van der Waals surface area contributed by atoms with Crippen molar-refractivity contribution in [1.29, 1.82) is 5.26 Å². The van der Waals surface area contributed by atoms with Crippen molar-refractivity contribution in [3.63, 3.8) is 0 Å². The second kappa shape index (κ2) is 6.36. The maximum absolute atomic E-state index is 9.12. The maximum Gasteiger partial charge on any atom is 0.222 e. The molecule has 0 atom stereocenters. The molecule has 108 valence electrons. The van der Waals surface area contributed by atoms with E-state index in [0.717, 1.165) is 11.5 Å². The van der Waals surface area contributed by atoms with Crippen LogP contribution in [0, 0.1) is 11.3 Å². The predicted octanol–water partition coefficient (Wildman–Crippen LogP) is 4.39. The summed E-state index contributed by atoms with van der Waals surface area (Å²) in [5.74, 6) is 2.27. The molecule has 1 aromatic heterocycles. The first-order chi connectivity index (χ1) is 10.0. The maximum atomic E-state index is 9.12. The highest BCUT2D eigenvalue weighted by Crippen LogP contribution is 2.26. The predicted molar refractivity (Wildman–Crippen MR) is 81.4 cm³/mol. The van der Waals surface area contributed by atoms with E-state index in [1.807, 2.05) is 32.0 Å². The number of hydrogen-bond donors (Lipinski definition) is 0. The molecule has 2 aromatic rings. The molecule has 21 heavy (non-hydrogen) atoms. The van der Waals surface area contributed by atoms with E-state index < -0.39 is 0 Å². The molecule has 0 saturated carbocycles. The Morgan fingerprint density at radius 1 is 1.05 bits per heavy atom. The molecule has 4 nitrogen and oxygen atoms in total. The monoisotopic (exact) mass is 281 g/mol. The van der Waals surface area contributed by atoms with Gasteiger partial charge in [0.2, 0.25) is 5.88 Å². The first-order valence-electron chi connectivity index (χ1n) is 7.07. The van der Waals surface area contributed by atoms with Crippen molar-refractivity contribution in [2.24, 2.45) is 0 Å². The van der Waals surface area contributed by atoms with Crippen LogP contribution in [0.3, 0.4) is 0 Å². The molecular weight excluding hydrogens is 262 g/mol. The standard InChI is InChI=1S/C17H19N3O/c1-11(2)14-9-16(20-17(19-14)12(3)4)21-15-8-6-5-7-13(15)10-18/h5-9,11-12H,1-4H3. The van der Waals surface area contributed by atoms with Gasteiger partial charge in [-0.2, -0.15) is 10.2 Å². The lowest BCUT2D eigenvalue weighted by atomic mass is 10.1. The van der Waals surface area contributed by atoms with Crippen molar-refractivity contribution in [2.75, 3.05) is 0 Å². The first kappa shape index (κ1) is 15.0. The van der Waals surface area contributed by atoms with Crippen LogP contribution in [0.5, 0.6) is 11.6 Å². The number of aromatic nitrogens is 2. The third kappa shape index (κ3) is 3.57. The Bertz CT molecular complexity index is 646. The molecule has 2 rings (SSSR count). The number of ether oxygens (including phenoxy) is 1. The number of rotatable bonds is 4. The van der Waals surface area contributed by atoms with Gasteiger partial charge in [-0.15, -0.1) is 0 Å². The zero-order chi connectivity index (χ0) is 15.4. The van der Waals surface area contributed by atoms with Crippen molar-refractivity contribution in [2.45, 2.75) is 39.5 Å². The largest absolute Gasteiger partial charge is 0.438 e. The van der Waals surface area contributed by atoms with Crippen molar-refractivity contribution in [1.82, 2.24) is 9.97 Å². The van der Waals surface area contributed by atoms with Crippen LogP contribution in [0.1, 0.15) is 56.6 Å². The Balaban J connectivity index is 2.42. The lowest BCUT2D eigenvalue weighted by Gasteiger charge is -2.13. The van der Waals surface area contributed by atoms with E-state index >= 15 is 0 Å². The number of benzene rings is 1. The molecule has 4 heteroatoms. The molecular formula is C17H19N3O. The van der Waals surface area contributed by atoms with Crippen LogP contribution >= 0.6 is 0 Å². The van der Waals surface area contributed by atoms with Gasteiger partial charge in [0.1, 0.15) is 17.6 Å². The smallest absolute Gasteiger partial charge is 0.222 e. The van der Waals surface area contributed by atoms with Crippen molar-refractivity contribution >= 4 is 0 Å². The van der Waals surface area contributed by atoms with E-state index in [2.05, 4.69) is 29.9 Å². The van der Waals surface area contributed by atoms with Gasteiger partial charge in [-0.3, -0.25) is 0 Å². The average molecular weight is 281 g/mol. The minimum Gasteiger partial charge on any atom is -0.438 e. The SMILES string of the molecule is CC(C)c1cc(Oc2ccccc2C#N)nc(C(C)C)n1. The second-order valence-corrected chi connectivity index (χ2v) is 5.51. The molecule has 0 aliphatic carbocycles. The summed E-state index contributed by atoms with van der Waals surface area (Å²) in [5.41, 5.74) is 1.44. The fourth-order valence-corrected chi connectivity index (χ4v) is 1.83. The van der Waals surface area contributed by atoms with Crippen molar-refractivity contribution in [3.05, 3.63) is 47.4 Å². The number of para-hydroxylation sites is 1. The van der Waals surface area contributed by atoms with Gasteiger partial charge < -0.3 is 4.74 Å². The highest BCUT2D eigenvalue weighted by Gasteiger charge is 2.13. The zero-order valence-corrected chi connectivity index (χ0v) is 12.8. The zero-order valence-electron chi connectivity index (χ0n) is 12.8. The van der Waals surface area contributed by atoms with Crippen LogP contribution in [-0.4, -0.2) is 9.97 Å². The number of nitrogens with zero attached hydrogens (tertiary/aromatic N) is 3. The molecule has 0 spiro atoms. The van der Waals surface area contributed by atoms with Gasteiger partial charge >= 0.3 is 0 Å². The minimum absolute atomic E-state index is 0.220. The summed E-state index contributed by atoms with van der Waals surface area (Å²) in [5, 5.41) is 9.12. The third-order valence-corrected chi connectivity index (χ3v) is 3.07. The summed E-state index contributed by atoms with van der Waals surface area (Å²) in [6, 6.07) is 11.1. The Kier molecular flexibility index (Phi) is 4.54. The lowest BCUT2D eigenvalue weighted by Crippen LogP contribution is -2.04. The van der Waals surface area contributed by atoms with Gasteiger partial charge in [-0.25, -0.2) is 4.98 Å². The first-order valence-corrected chi connectivity index (χ1v) is 7.07. The fourth-order valence-electron chi connectivity index (χ4n) is 1.83. The van der Waals surface area contributed by atoms with Crippen LogP contribution < -0.4 is 4.74 Å². The van der Waals surface area contributed by atoms with Crippen LogP contribution in [0.2, 0.25) is 0 Å². The van der Waals surface area contributed by atoms with Gasteiger partial charge in [0, 0.05) is 12.0 Å². The van der Waals surface area contributed by atoms with Gasteiger partial charge in [0.15, 0.2) is 0 Å². The lowest BCUT2D eigenvalue weighted by molar-refractivity contribution is 0.453. The normalized spacial score (nSPS) is 10.7. The van der Waals surface area contributed by atoms with E-state index in [9.17, 15) is 0 Å². The van der Waals surface area contributed by atoms with Gasteiger partial charge in [0.05, 0.1) is 11.3 Å². The molecule has 0 radical (unpaired) electrons. The molecule has 0 aliphatic heterocycles. The Morgan fingerprint density at radius 2 is 1.76 bits per heavy atom. The Morgan fingerprint density at radius 3 is 2.38 bits per heavy atom. The molecule has 0 bridgehead atoms. The van der Waals surface area contributed by atoms with E-state index in [0.29, 0.717) is 23.1 Å². The summed E-state index contributed by atoms with van der Waals surface area (Å²) in [7, 11) is 0. The topological polar surface area (TPSA) is 58.8 Å². The molecule has 0 N–H and O–H groups in total. The van der Waals surface area contributed by atoms with Gasteiger partial charge in [0.25, 0.3) is 0 Å². The molecule has 0 fully saturated rings. The molecule has 0 amide bonds. The summed E-state index contributed by atoms with van der Waals surface area (Å²) >= 11 is 0. The van der Waals surface area contributed by atoms with E-state index in [-0.39, 0.29) is 5.92 Å². The summed E-state index contributed by atoms with van der Waals surface area (Å²) in [6.45, 7) is 8.26. The summed E-state index contributed by atoms with van der Waals surface area (Å²) < 4.78 is 5.81. The van der Waals surface area contributed by atoms with Crippen LogP contribution in [0.25, 0.3) is 0 Å². The quantitative estimate of drug-likeness (QED) is 0.834. The van der Waals surface area contributed by atoms with Crippen molar-refractivity contribution < 1.29 is 4.74 Å². The van der Waals surface area contributed by atoms with Gasteiger partial charge in [-0.1, -0.05) is 39.8 Å². The average Bonchev–Trinajstić information content (AvgIpc) is 2.47. The van der Waals surface area contributed by atoms with E-state index in [4.69, 9.17) is 10.00 Å². The van der Waals surface area contributed by atoms with Crippen LogP contribution in [0.15, 0.2) is 30.3 Å². The molecule has 1 aromatic carbocycles. The molecule has 0 saturated heterocycles. The molecule has 1 heterocycles. The Labute approximate surface area is 125 Å². The number of nitriles is 1. The Hall–Kier alpha value is -2.41. The van der Waals surface area contributed by atoms with Crippen molar-refractivity contribution in [3.8, 4) is 17.7 Å². The van der Waals surface area contributed by atoms with Crippen LogP contribution in [-0.2, 0) is 0 Å². The second-order valence-electron chi connectivity index (χ2n) is 5.51. The van der Waals surface area contributed by atoms with E-state index in [1.165, 1.54) is 0 Å². The van der Waals surface area contributed by atoms with Crippen LogP contribution in [0.4, 0.5) is 0 Å². The fraction of sp³-hybridized carbons (Fsp3) is 0.353. The minimum atomic E-state index is 0.220. The summed E-state index contributed by atoms with van der Waals surface area (Å²) in [4.78, 5) is 9.00. The van der Waals surface area contributed by atoms with Gasteiger partial charge in [-0.05, 0) is 18.1 Å². The highest BCUT2D eigenvalue weighted by atomic mass is 16.5. The molecule has 0 unspecified atom stereocenters. The highest BCUT2D eigenvalue weighted by molar-refractivity contribution is 5.44. The third-order valence-electron chi connectivity index (χ3n) is 3.07. The van der Waals surface area contributed by atoms with E-state index in [1.54, 1.807) is 12.1 Å². The summed E-state index contributed by atoms with van der Waals surface area (Å²) in [6.07, 6.45) is 0. The number of hydrogen-bond acceptors (Lipinski definition) is 4.